The van der Waals surface area contributed by atoms with Crippen molar-refractivity contribution in [3.8, 4) is 0 Å². The third kappa shape index (κ3) is 4.64. The third-order valence-electron chi connectivity index (χ3n) is 5.79. The van der Waals surface area contributed by atoms with Crippen LogP contribution < -0.4 is 16.0 Å². The van der Waals surface area contributed by atoms with Gasteiger partial charge < -0.3 is 15.8 Å². The first-order valence-electron chi connectivity index (χ1n) is 10.6. The molecule has 160 valence electrons. The number of rotatable bonds is 6. The summed E-state index contributed by atoms with van der Waals surface area (Å²) in [6, 6.07) is 10.1. The summed E-state index contributed by atoms with van der Waals surface area (Å²) in [7, 11) is 0. The van der Waals surface area contributed by atoms with Gasteiger partial charge in [0.25, 0.3) is 0 Å². The normalized spacial score (nSPS) is 22.4. The van der Waals surface area contributed by atoms with E-state index in [1.807, 2.05) is 12.1 Å². The summed E-state index contributed by atoms with van der Waals surface area (Å²) in [5.41, 5.74) is 7.84. The molecule has 0 spiro atoms. The van der Waals surface area contributed by atoms with E-state index in [2.05, 4.69) is 46.2 Å². The number of nitrogens with one attached hydrogen (secondary N) is 1. The van der Waals surface area contributed by atoms with Crippen molar-refractivity contribution >= 4 is 23.5 Å². The number of piperidine rings is 1. The number of hydrogen-bond acceptors (Lipinski definition) is 7. The number of cyclic esters (lactones) is 1. The van der Waals surface area contributed by atoms with Crippen LogP contribution >= 0.6 is 0 Å². The second-order valence-electron chi connectivity index (χ2n) is 8.46. The number of carbonyl (C=O) groups is 1. The van der Waals surface area contributed by atoms with Gasteiger partial charge in [-0.25, -0.2) is 9.78 Å². The summed E-state index contributed by atoms with van der Waals surface area (Å²) < 4.78 is 5.25. The lowest BCUT2D eigenvalue weighted by molar-refractivity contribution is 0.177. The molecule has 2 aliphatic heterocycles. The van der Waals surface area contributed by atoms with E-state index in [-0.39, 0.29) is 24.1 Å². The molecule has 2 aromatic rings. The van der Waals surface area contributed by atoms with Gasteiger partial charge in [-0.2, -0.15) is 4.98 Å². The van der Waals surface area contributed by atoms with Gasteiger partial charge in [0, 0.05) is 31.0 Å². The van der Waals surface area contributed by atoms with E-state index in [4.69, 9.17) is 10.5 Å². The number of nitrogen functional groups attached to an aromatic ring is 1. The summed E-state index contributed by atoms with van der Waals surface area (Å²) >= 11 is 0. The van der Waals surface area contributed by atoms with Gasteiger partial charge in [-0.15, -0.1) is 0 Å². The molecule has 2 saturated heterocycles. The fourth-order valence-corrected chi connectivity index (χ4v) is 4.12. The van der Waals surface area contributed by atoms with E-state index in [9.17, 15) is 4.79 Å². The molecule has 1 amide bonds. The van der Waals surface area contributed by atoms with Crippen molar-refractivity contribution in [2.75, 3.05) is 35.6 Å². The van der Waals surface area contributed by atoms with Gasteiger partial charge in [-0.05, 0) is 49.1 Å². The van der Waals surface area contributed by atoms with Crippen LogP contribution in [-0.4, -0.2) is 52.7 Å². The van der Waals surface area contributed by atoms with Gasteiger partial charge in [-0.1, -0.05) is 26.0 Å². The molecule has 2 aliphatic rings. The van der Waals surface area contributed by atoms with Gasteiger partial charge in [-0.3, -0.25) is 9.80 Å². The van der Waals surface area contributed by atoms with Crippen LogP contribution in [0.15, 0.2) is 36.5 Å². The molecule has 2 unspecified atom stereocenters. The first-order valence-corrected chi connectivity index (χ1v) is 10.6. The molecular formula is C22H30N6O2. The van der Waals surface area contributed by atoms with Gasteiger partial charge in [0.05, 0.1) is 6.04 Å². The first kappa shape index (κ1) is 20.4. The number of amides is 1. The Labute approximate surface area is 177 Å². The van der Waals surface area contributed by atoms with E-state index < -0.39 is 0 Å². The third-order valence-corrected chi connectivity index (χ3v) is 5.79. The van der Waals surface area contributed by atoms with Crippen molar-refractivity contribution in [2.45, 2.75) is 45.3 Å². The number of aromatic nitrogens is 2. The average molecular weight is 411 g/mol. The molecule has 2 fully saturated rings. The van der Waals surface area contributed by atoms with Crippen LogP contribution in [0.1, 0.15) is 32.3 Å². The van der Waals surface area contributed by atoms with E-state index in [1.54, 1.807) is 17.2 Å². The molecule has 0 aliphatic carbocycles. The fraction of sp³-hybridized carbons (Fsp3) is 0.500. The lowest BCUT2D eigenvalue weighted by Gasteiger charge is -2.33. The first-order chi connectivity index (χ1) is 14.5. The van der Waals surface area contributed by atoms with Crippen LogP contribution in [0.25, 0.3) is 0 Å². The predicted molar refractivity (Wildman–Crippen MR) is 117 cm³/mol. The largest absolute Gasteiger partial charge is 0.447 e. The fourth-order valence-electron chi connectivity index (χ4n) is 4.12. The number of carbonyl (C=O) groups excluding carboxylic acids is 1. The molecule has 0 saturated carbocycles. The maximum atomic E-state index is 12.2. The van der Waals surface area contributed by atoms with Crippen LogP contribution in [0, 0.1) is 5.92 Å². The number of likely N-dealkylation sites (tertiary alicyclic amines) is 1. The predicted octanol–water partition coefficient (Wildman–Crippen LogP) is 3.12. The molecule has 1 aromatic carbocycles. The minimum atomic E-state index is -0.342. The quantitative estimate of drug-likeness (QED) is 0.706. The van der Waals surface area contributed by atoms with Gasteiger partial charge >= 0.3 is 6.09 Å². The monoisotopic (exact) mass is 410 g/mol. The highest BCUT2D eigenvalue weighted by Gasteiger charge is 2.37. The summed E-state index contributed by atoms with van der Waals surface area (Å²) in [6.45, 7) is 7.44. The number of benzene rings is 1. The van der Waals surface area contributed by atoms with Crippen LogP contribution in [0.4, 0.5) is 22.2 Å². The van der Waals surface area contributed by atoms with Gasteiger partial charge in [0.2, 0.25) is 5.95 Å². The SMILES string of the molecule is CC(C)C1COC(=O)N1c1ccnc(NC2CCCN(Cc3ccc(N)cc3)C2)n1. The van der Waals surface area contributed by atoms with Crippen molar-refractivity contribution in [3.63, 3.8) is 0 Å². The number of ether oxygens (including phenoxy) is 1. The number of anilines is 3. The molecule has 30 heavy (non-hydrogen) atoms. The highest BCUT2D eigenvalue weighted by molar-refractivity contribution is 5.89. The summed E-state index contributed by atoms with van der Waals surface area (Å²) in [5.74, 6) is 1.42. The Hall–Kier alpha value is -2.87. The number of nitrogens with zero attached hydrogens (tertiary/aromatic N) is 4. The van der Waals surface area contributed by atoms with Crippen molar-refractivity contribution < 1.29 is 9.53 Å². The maximum absolute atomic E-state index is 12.2. The standard InChI is InChI=1S/C22H30N6O2/c1-15(2)19-14-30-22(29)28(19)20-9-10-24-21(26-20)25-18-4-3-11-27(13-18)12-16-5-7-17(23)8-6-16/h5-10,15,18-19H,3-4,11-14,23H2,1-2H3,(H,24,25,26). The highest BCUT2D eigenvalue weighted by atomic mass is 16.6. The average Bonchev–Trinajstić information content (AvgIpc) is 3.12. The second-order valence-corrected chi connectivity index (χ2v) is 8.46. The zero-order valence-electron chi connectivity index (χ0n) is 17.6. The minimum Gasteiger partial charge on any atom is -0.447 e. The number of nitrogens with two attached hydrogens (primary N) is 1. The maximum Gasteiger partial charge on any atom is 0.415 e. The minimum absolute atomic E-state index is 0.00895. The van der Waals surface area contributed by atoms with E-state index in [0.717, 1.165) is 38.2 Å². The number of hydrogen-bond donors (Lipinski definition) is 2. The topological polar surface area (TPSA) is 96.6 Å². The Morgan fingerprint density at radius 2 is 2.07 bits per heavy atom. The molecule has 2 atom stereocenters. The Kier molecular flexibility index (Phi) is 6.03. The van der Waals surface area contributed by atoms with Crippen molar-refractivity contribution in [3.05, 3.63) is 42.1 Å². The van der Waals surface area contributed by atoms with Crippen LogP contribution in [0.3, 0.4) is 0 Å². The van der Waals surface area contributed by atoms with Crippen LogP contribution in [-0.2, 0) is 11.3 Å². The zero-order valence-corrected chi connectivity index (χ0v) is 17.6. The molecule has 0 bridgehead atoms. The smallest absolute Gasteiger partial charge is 0.415 e. The Balaban J connectivity index is 1.41. The summed E-state index contributed by atoms with van der Waals surface area (Å²) in [6.07, 6.45) is 3.53. The second kappa shape index (κ2) is 8.87. The van der Waals surface area contributed by atoms with Crippen molar-refractivity contribution in [1.82, 2.24) is 14.9 Å². The molecule has 1 aromatic heterocycles. The lowest BCUT2D eigenvalue weighted by Crippen LogP contribution is -2.42. The van der Waals surface area contributed by atoms with Crippen LogP contribution in [0.5, 0.6) is 0 Å². The summed E-state index contributed by atoms with van der Waals surface area (Å²) in [5, 5.41) is 3.47. The highest BCUT2D eigenvalue weighted by Crippen LogP contribution is 2.26. The zero-order chi connectivity index (χ0) is 21.1. The molecule has 8 nitrogen and oxygen atoms in total. The van der Waals surface area contributed by atoms with Crippen molar-refractivity contribution in [2.24, 2.45) is 5.92 Å². The van der Waals surface area contributed by atoms with Crippen LogP contribution in [0.2, 0.25) is 0 Å². The van der Waals surface area contributed by atoms with Gasteiger partial charge in [0.1, 0.15) is 12.4 Å². The van der Waals surface area contributed by atoms with E-state index in [0.29, 0.717) is 18.4 Å². The molecule has 4 rings (SSSR count). The summed E-state index contributed by atoms with van der Waals surface area (Å²) in [4.78, 5) is 25.3. The molecular weight excluding hydrogens is 380 g/mol. The molecule has 8 heteroatoms. The van der Waals surface area contributed by atoms with Gasteiger partial charge in [0.15, 0.2) is 0 Å². The van der Waals surface area contributed by atoms with Crippen molar-refractivity contribution in [1.29, 1.82) is 0 Å². The van der Waals surface area contributed by atoms with E-state index in [1.165, 1.54) is 5.56 Å². The Bertz CT molecular complexity index is 872. The lowest BCUT2D eigenvalue weighted by atomic mass is 10.0. The Morgan fingerprint density at radius 1 is 1.27 bits per heavy atom. The molecule has 3 N–H and O–H groups in total. The van der Waals surface area contributed by atoms with E-state index >= 15 is 0 Å². The Morgan fingerprint density at radius 3 is 2.83 bits per heavy atom. The molecule has 3 heterocycles. The molecule has 0 radical (unpaired) electrons.